The zero-order valence-electron chi connectivity index (χ0n) is 11.8. The van der Waals surface area contributed by atoms with Gasteiger partial charge in [-0.3, -0.25) is 4.79 Å². The lowest BCUT2D eigenvalue weighted by Gasteiger charge is -2.34. The Morgan fingerprint density at radius 1 is 1.35 bits per heavy atom. The SMILES string of the molecule is C=CCC1(O)CCC(C(=O)OCc2ccccc2)CC1. The van der Waals surface area contributed by atoms with E-state index in [1.807, 2.05) is 30.3 Å². The van der Waals surface area contributed by atoms with E-state index in [2.05, 4.69) is 6.58 Å². The fraction of sp³-hybridized carbons (Fsp3) is 0.471. The van der Waals surface area contributed by atoms with E-state index in [0.29, 0.717) is 38.7 Å². The monoisotopic (exact) mass is 274 g/mol. The number of hydrogen-bond acceptors (Lipinski definition) is 3. The summed E-state index contributed by atoms with van der Waals surface area (Å²) < 4.78 is 5.35. The van der Waals surface area contributed by atoms with E-state index in [0.717, 1.165) is 5.56 Å². The zero-order valence-corrected chi connectivity index (χ0v) is 11.8. The number of carbonyl (C=O) groups is 1. The predicted octanol–water partition coefficient (Wildman–Crippen LogP) is 3.23. The van der Waals surface area contributed by atoms with Crippen molar-refractivity contribution in [1.29, 1.82) is 0 Å². The minimum atomic E-state index is -0.669. The lowest BCUT2D eigenvalue weighted by molar-refractivity contribution is -0.152. The molecule has 0 bridgehead atoms. The molecule has 0 heterocycles. The van der Waals surface area contributed by atoms with Gasteiger partial charge >= 0.3 is 5.97 Å². The van der Waals surface area contributed by atoms with Gasteiger partial charge in [-0.2, -0.15) is 0 Å². The Kier molecular flexibility index (Phi) is 4.96. The molecule has 0 saturated heterocycles. The van der Waals surface area contributed by atoms with Crippen molar-refractivity contribution in [2.24, 2.45) is 5.92 Å². The number of ether oxygens (including phenoxy) is 1. The van der Waals surface area contributed by atoms with Crippen molar-refractivity contribution in [1.82, 2.24) is 0 Å². The van der Waals surface area contributed by atoms with Gasteiger partial charge in [0.15, 0.2) is 0 Å². The molecule has 0 amide bonds. The molecule has 1 fully saturated rings. The molecule has 0 atom stereocenters. The van der Waals surface area contributed by atoms with E-state index >= 15 is 0 Å². The number of esters is 1. The normalized spacial score (nSPS) is 25.9. The number of carbonyl (C=O) groups excluding carboxylic acids is 1. The van der Waals surface area contributed by atoms with Crippen molar-refractivity contribution in [3.05, 3.63) is 48.6 Å². The van der Waals surface area contributed by atoms with Crippen LogP contribution in [0.5, 0.6) is 0 Å². The second-order valence-corrected chi connectivity index (χ2v) is 5.58. The standard InChI is InChI=1S/C17H22O3/c1-2-10-17(19)11-8-15(9-12-17)16(18)20-13-14-6-4-3-5-7-14/h2-7,15,19H,1,8-13H2. The van der Waals surface area contributed by atoms with Gasteiger partial charge in [-0.1, -0.05) is 36.4 Å². The van der Waals surface area contributed by atoms with Crippen LogP contribution >= 0.6 is 0 Å². The Labute approximate surface area is 120 Å². The van der Waals surface area contributed by atoms with Crippen molar-refractivity contribution in [3.8, 4) is 0 Å². The fourth-order valence-electron chi connectivity index (χ4n) is 2.71. The Bertz CT molecular complexity index is 445. The van der Waals surface area contributed by atoms with Crippen LogP contribution in [0.4, 0.5) is 0 Å². The third-order valence-corrected chi connectivity index (χ3v) is 4.00. The van der Waals surface area contributed by atoms with Crippen molar-refractivity contribution < 1.29 is 14.6 Å². The first kappa shape index (κ1) is 14.8. The smallest absolute Gasteiger partial charge is 0.309 e. The molecule has 3 nitrogen and oxygen atoms in total. The maximum atomic E-state index is 12.0. The second kappa shape index (κ2) is 6.71. The van der Waals surface area contributed by atoms with Gasteiger partial charge in [-0.15, -0.1) is 6.58 Å². The van der Waals surface area contributed by atoms with Crippen LogP contribution in [-0.4, -0.2) is 16.7 Å². The summed E-state index contributed by atoms with van der Waals surface area (Å²) in [7, 11) is 0. The number of benzene rings is 1. The van der Waals surface area contributed by atoms with Crippen molar-refractivity contribution in [2.45, 2.75) is 44.3 Å². The summed E-state index contributed by atoms with van der Waals surface area (Å²) in [6.07, 6.45) is 5.01. The van der Waals surface area contributed by atoms with Crippen molar-refractivity contribution in [3.63, 3.8) is 0 Å². The highest BCUT2D eigenvalue weighted by Gasteiger charge is 2.35. The molecule has 0 aromatic heterocycles. The van der Waals surface area contributed by atoms with Gasteiger partial charge in [-0.25, -0.2) is 0 Å². The van der Waals surface area contributed by atoms with Gasteiger partial charge in [0, 0.05) is 0 Å². The third kappa shape index (κ3) is 3.94. The number of aliphatic hydroxyl groups is 1. The van der Waals surface area contributed by atoms with Crippen LogP contribution in [0.15, 0.2) is 43.0 Å². The molecule has 108 valence electrons. The van der Waals surface area contributed by atoms with Gasteiger partial charge in [-0.05, 0) is 37.7 Å². The second-order valence-electron chi connectivity index (χ2n) is 5.58. The molecule has 1 aliphatic rings. The average molecular weight is 274 g/mol. The topological polar surface area (TPSA) is 46.5 Å². The number of hydrogen-bond donors (Lipinski definition) is 1. The summed E-state index contributed by atoms with van der Waals surface area (Å²) in [6, 6.07) is 9.68. The molecule has 1 saturated carbocycles. The van der Waals surface area contributed by atoms with Crippen LogP contribution in [0.2, 0.25) is 0 Å². The summed E-state index contributed by atoms with van der Waals surface area (Å²) in [6.45, 7) is 3.99. The van der Waals surface area contributed by atoms with Crippen LogP contribution in [0.1, 0.15) is 37.7 Å². The van der Waals surface area contributed by atoms with E-state index in [4.69, 9.17) is 4.74 Å². The predicted molar refractivity (Wildman–Crippen MR) is 78.0 cm³/mol. The van der Waals surface area contributed by atoms with E-state index in [-0.39, 0.29) is 11.9 Å². The fourth-order valence-corrected chi connectivity index (χ4v) is 2.71. The molecule has 3 heteroatoms. The van der Waals surface area contributed by atoms with E-state index in [9.17, 15) is 9.90 Å². The first-order chi connectivity index (χ1) is 9.63. The van der Waals surface area contributed by atoms with Crippen LogP contribution in [0.25, 0.3) is 0 Å². The van der Waals surface area contributed by atoms with E-state index in [1.54, 1.807) is 6.08 Å². The molecule has 0 aliphatic heterocycles. The van der Waals surface area contributed by atoms with E-state index < -0.39 is 5.60 Å². The molecule has 1 N–H and O–H groups in total. The lowest BCUT2D eigenvalue weighted by atomic mass is 9.77. The van der Waals surface area contributed by atoms with Gasteiger partial charge in [0.05, 0.1) is 11.5 Å². The molecule has 0 radical (unpaired) electrons. The highest BCUT2D eigenvalue weighted by Crippen LogP contribution is 2.35. The zero-order chi connectivity index (χ0) is 14.4. The molecule has 1 aliphatic carbocycles. The van der Waals surface area contributed by atoms with Crippen LogP contribution in [-0.2, 0) is 16.1 Å². The van der Waals surface area contributed by atoms with Gasteiger partial charge in [0.1, 0.15) is 6.61 Å². The van der Waals surface area contributed by atoms with Crippen LogP contribution in [0, 0.1) is 5.92 Å². The minimum absolute atomic E-state index is 0.0798. The largest absolute Gasteiger partial charge is 0.461 e. The molecule has 1 aromatic rings. The summed E-state index contributed by atoms with van der Waals surface area (Å²) in [5, 5.41) is 10.3. The quantitative estimate of drug-likeness (QED) is 0.662. The summed E-state index contributed by atoms with van der Waals surface area (Å²) in [4.78, 5) is 12.0. The molecule has 1 aromatic carbocycles. The Hall–Kier alpha value is -1.61. The molecular formula is C17H22O3. The highest BCUT2D eigenvalue weighted by molar-refractivity contribution is 5.72. The average Bonchev–Trinajstić information content (AvgIpc) is 2.47. The van der Waals surface area contributed by atoms with Crippen molar-refractivity contribution >= 4 is 5.97 Å². The summed E-state index contributed by atoms with van der Waals surface area (Å²) in [5.41, 5.74) is 0.331. The molecule has 20 heavy (non-hydrogen) atoms. The number of rotatable bonds is 5. The van der Waals surface area contributed by atoms with E-state index in [1.165, 1.54) is 0 Å². The van der Waals surface area contributed by atoms with Crippen LogP contribution in [0.3, 0.4) is 0 Å². The van der Waals surface area contributed by atoms with Gasteiger partial charge in [0.25, 0.3) is 0 Å². The first-order valence-electron chi connectivity index (χ1n) is 7.17. The molecule has 2 rings (SSSR count). The highest BCUT2D eigenvalue weighted by atomic mass is 16.5. The molecular weight excluding hydrogens is 252 g/mol. The van der Waals surface area contributed by atoms with Crippen molar-refractivity contribution in [2.75, 3.05) is 0 Å². The van der Waals surface area contributed by atoms with Gasteiger partial charge < -0.3 is 9.84 Å². The summed E-state index contributed by atoms with van der Waals surface area (Å²) in [5.74, 6) is -0.224. The first-order valence-corrected chi connectivity index (χ1v) is 7.17. The Morgan fingerprint density at radius 2 is 2.00 bits per heavy atom. The summed E-state index contributed by atoms with van der Waals surface area (Å²) >= 11 is 0. The van der Waals surface area contributed by atoms with Gasteiger partial charge in [0.2, 0.25) is 0 Å². The third-order valence-electron chi connectivity index (χ3n) is 4.00. The Balaban J connectivity index is 1.79. The minimum Gasteiger partial charge on any atom is -0.461 e. The lowest BCUT2D eigenvalue weighted by Crippen LogP contribution is -2.36. The molecule has 0 unspecified atom stereocenters. The maximum Gasteiger partial charge on any atom is 0.309 e. The maximum absolute atomic E-state index is 12.0. The Morgan fingerprint density at radius 3 is 2.60 bits per heavy atom. The van der Waals surface area contributed by atoms with Crippen LogP contribution < -0.4 is 0 Å². The molecule has 0 spiro atoms.